The third-order valence-corrected chi connectivity index (χ3v) is 2.79. The minimum Gasteiger partial charge on any atom is -0.371 e. The third kappa shape index (κ3) is 1.21. The smallest absolute Gasteiger partial charge is 0.228 e. The van der Waals surface area contributed by atoms with Crippen LogP contribution in [0.4, 0.5) is 0 Å². The monoisotopic (exact) mass is 191 g/mol. The summed E-state index contributed by atoms with van der Waals surface area (Å²) in [5.74, 6) is -0.294. The van der Waals surface area contributed by atoms with Crippen LogP contribution in [0.3, 0.4) is 0 Å². The number of carbonyl (C=O) groups excluding carboxylic acids is 1. The van der Waals surface area contributed by atoms with Gasteiger partial charge in [0.25, 0.3) is 0 Å². The Morgan fingerprint density at radius 2 is 2.14 bits per heavy atom. The Balaban J connectivity index is 2.26. The van der Waals surface area contributed by atoms with E-state index < -0.39 is 5.41 Å². The van der Waals surface area contributed by atoms with Crippen molar-refractivity contribution in [2.75, 3.05) is 6.61 Å². The maximum atomic E-state index is 11.2. The van der Waals surface area contributed by atoms with Gasteiger partial charge in [0.15, 0.2) is 0 Å². The van der Waals surface area contributed by atoms with Gasteiger partial charge in [-0.1, -0.05) is 30.3 Å². The number of benzene rings is 1. The summed E-state index contributed by atoms with van der Waals surface area (Å²) >= 11 is 0. The van der Waals surface area contributed by atoms with Crippen LogP contribution < -0.4 is 5.73 Å². The Kier molecular flexibility index (Phi) is 2.04. The van der Waals surface area contributed by atoms with Crippen LogP contribution in [-0.2, 0) is 9.53 Å². The zero-order valence-corrected chi connectivity index (χ0v) is 8.07. The van der Waals surface area contributed by atoms with E-state index in [1.807, 2.05) is 37.3 Å². The van der Waals surface area contributed by atoms with Crippen LogP contribution in [0.5, 0.6) is 0 Å². The molecule has 2 atom stereocenters. The third-order valence-electron chi connectivity index (χ3n) is 2.79. The molecule has 1 heterocycles. The molecule has 1 aliphatic rings. The van der Waals surface area contributed by atoms with Crippen molar-refractivity contribution in [3.05, 3.63) is 35.9 Å². The number of hydrogen-bond acceptors (Lipinski definition) is 2. The van der Waals surface area contributed by atoms with E-state index in [2.05, 4.69) is 0 Å². The average Bonchev–Trinajstić information content (AvgIpc) is 2.16. The quantitative estimate of drug-likeness (QED) is 0.764. The SMILES string of the molecule is CC1(C(N)=O)COC1c1ccccc1. The van der Waals surface area contributed by atoms with Crippen LogP contribution in [-0.4, -0.2) is 12.5 Å². The zero-order chi connectivity index (χ0) is 10.2. The maximum Gasteiger partial charge on any atom is 0.228 e. The summed E-state index contributed by atoms with van der Waals surface area (Å²) in [4.78, 5) is 11.2. The van der Waals surface area contributed by atoms with Gasteiger partial charge in [0.1, 0.15) is 0 Å². The van der Waals surface area contributed by atoms with Crippen LogP contribution in [0.2, 0.25) is 0 Å². The molecule has 0 bridgehead atoms. The van der Waals surface area contributed by atoms with Gasteiger partial charge >= 0.3 is 0 Å². The van der Waals surface area contributed by atoms with Crippen molar-refractivity contribution in [1.29, 1.82) is 0 Å². The van der Waals surface area contributed by atoms with Crippen molar-refractivity contribution in [1.82, 2.24) is 0 Å². The summed E-state index contributed by atoms with van der Waals surface area (Å²) in [6.07, 6.45) is -0.179. The molecule has 0 aliphatic carbocycles. The number of nitrogens with two attached hydrogens (primary N) is 1. The Hall–Kier alpha value is -1.35. The molecule has 74 valence electrons. The van der Waals surface area contributed by atoms with Gasteiger partial charge in [-0.15, -0.1) is 0 Å². The number of primary amides is 1. The van der Waals surface area contributed by atoms with Crippen molar-refractivity contribution in [2.45, 2.75) is 13.0 Å². The average molecular weight is 191 g/mol. The molecule has 2 N–H and O–H groups in total. The van der Waals surface area contributed by atoms with E-state index in [4.69, 9.17) is 10.5 Å². The number of ether oxygens (including phenoxy) is 1. The topological polar surface area (TPSA) is 52.3 Å². The van der Waals surface area contributed by atoms with Gasteiger partial charge in [0.05, 0.1) is 18.1 Å². The minimum atomic E-state index is -0.540. The molecule has 1 amide bonds. The summed E-state index contributed by atoms with van der Waals surface area (Å²) in [6, 6.07) is 9.69. The molecule has 0 radical (unpaired) electrons. The molecular formula is C11H13NO2. The first-order valence-electron chi connectivity index (χ1n) is 4.61. The van der Waals surface area contributed by atoms with Gasteiger partial charge in [-0.2, -0.15) is 0 Å². The van der Waals surface area contributed by atoms with Crippen LogP contribution in [0.1, 0.15) is 18.6 Å². The first-order valence-corrected chi connectivity index (χ1v) is 4.61. The Bertz CT molecular complexity index is 350. The molecule has 3 nitrogen and oxygen atoms in total. The molecule has 2 unspecified atom stereocenters. The number of hydrogen-bond donors (Lipinski definition) is 1. The number of amides is 1. The lowest BCUT2D eigenvalue weighted by Crippen LogP contribution is -2.52. The van der Waals surface area contributed by atoms with E-state index in [9.17, 15) is 4.79 Å². The van der Waals surface area contributed by atoms with Gasteiger partial charge < -0.3 is 10.5 Å². The fraction of sp³-hybridized carbons (Fsp3) is 0.364. The van der Waals surface area contributed by atoms with E-state index in [0.717, 1.165) is 5.56 Å². The van der Waals surface area contributed by atoms with E-state index in [0.29, 0.717) is 6.61 Å². The highest BCUT2D eigenvalue weighted by Gasteiger charge is 2.49. The Morgan fingerprint density at radius 3 is 2.57 bits per heavy atom. The highest BCUT2D eigenvalue weighted by molar-refractivity contribution is 5.82. The fourth-order valence-electron chi connectivity index (χ4n) is 1.71. The highest BCUT2D eigenvalue weighted by atomic mass is 16.5. The molecule has 1 saturated heterocycles. The molecule has 0 spiro atoms. The zero-order valence-electron chi connectivity index (χ0n) is 8.07. The summed E-state index contributed by atoms with van der Waals surface area (Å²) < 4.78 is 5.39. The summed E-state index contributed by atoms with van der Waals surface area (Å²) in [6.45, 7) is 2.26. The van der Waals surface area contributed by atoms with Crippen LogP contribution in [0, 0.1) is 5.41 Å². The maximum absolute atomic E-state index is 11.2. The predicted octanol–water partition coefficient (Wildman–Crippen LogP) is 1.25. The molecule has 1 fully saturated rings. The second-order valence-corrected chi connectivity index (χ2v) is 3.88. The van der Waals surface area contributed by atoms with Crippen LogP contribution >= 0.6 is 0 Å². The molecule has 2 rings (SSSR count). The molecule has 0 aromatic heterocycles. The largest absolute Gasteiger partial charge is 0.371 e. The molecule has 1 aromatic carbocycles. The highest BCUT2D eigenvalue weighted by Crippen LogP contribution is 2.45. The van der Waals surface area contributed by atoms with Crippen LogP contribution in [0.25, 0.3) is 0 Å². The number of carbonyl (C=O) groups is 1. The number of rotatable bonds is 2. The van der Waals surface area contributed by atoms with Gasteiger partial charge in [0.2, 0.25) is 5.91 Å². The first-order chi connectivity index (χ1) is 6.64. The van der Waals surface area contributed by atoms with Crippen molar-refractivity contribution >= 4 is 5.91 Å². The van der Waals surface area contributed by atoms with Crippen LogP contribution in [0.15, 0.2) is 30.3 Å². The predicted molar refractivity (Wildman–Crippen MR) is 52.4 cm³/mol. The first kappa shape index (κ1) is 9.21. The van der Waals surface area contributed by atoms with E-state index in [1.54, 1.807) is 0 Å². The Labute approximate surface area is 82.9 Å². The van der Waals surface area contributed by atoms with E-state index in [1.165, 1.54) is 0 Å². The van der Waals surface area contributed by atoms with E-state index in [-0.39, 0.29) is 12.0 Å². The summed E-state index contributed by atoms with van der Waals surface area (Å²) in [5.41, 5.74) is 5.81. The van der Waals surface area contributed by atoms with Gasteiger partial charge in [-0.3, -0.25) is 4.79 Å². The standard InChI is InChI=1S/C11H13NO2/c1-11(10(12)13)7-14-9(11)8-5-3-2-4-6-8/h2-6,9H,7H2,1H3,(H2,12,13). The van der Waals surface area contributed by atoms with Crippen molar-refractivity contribution in [3.8, 4) is 0 Å². The van der Waals surface area contributed by atoms with Gasteiger partial charge in [0, 0.05) is 0 Å². The molecule has 3 heteroatoms. The minimum absolute atomic E-state index is 0.179. The molecule has 1 aromatic rings. The fourth-order valence-corrected chi connectivity index (χ4v) is 1.71. The summed E-state index contributed by atoms with van der Waals surface area (Å²) in [7, 11) is 0. The van der Waals surface area contributed by atoms with Crippen molar-refractivity contribution in [3.63, 3.8) is 0 Å². The van der Waals surface area contributed by atoms with E-state index >= 15 is 0 Å². The second kappa shape index (κ2) is 3.10. The Morgan fingerprint density at radius 1 is 1.50 bits per heavy atom. The lowest BCUT2D eigenvalue weighted by Gasteiger charge is -2.44. The molecular weight excluding hydrogens is 178 g/mol. The lowest BCUT2D eigenvalue weighted by atomic mass is 9.76. The molecule has 14 heavy (non-hydrogen) atoms. The van der Waals surface area contributed by atoms with Gasteiger partial charge in [-0.05, 0) is 12.5 Å². The molecule has 0 saturated carbocycles. The normalized spacial score (nSPS) is 30.8. The second-order valence-electron chi connectivity index (χ2n) is 3.88. The summed E-state index contributed by atoms with van der Waals surface area (Å²) in [5, 5.41) is 0. The van der Waals surface area contributed by atoms with Crippen molar-refractivity contribution in [2.24, 2.45) is 11.1 Å². The molecule has 1 aliphatic heterocycles. The van der Waals surface area contributed by atoms with Crippen molar-refractivity contribution < 1.29 is 9.53 Å². The van der Waals surface area contributed by atoms with Gasteiger partial charge in [-0.25, -0.2) is 0 Å². The lowest BCUT2D eigenvalue weighted by molar-refractivity contribution is -0.189.